The van der Waals surface area contributed by atoms with Crippen LogP contribution in [-0.4, -0.2) is 22.4 Å². The third-order valence-corrected chi connectivity index (χ3v) is 6.11. The fraction of sp³-hybridized carbons (Fsp3) is 0.0769. The zero-order chi connectivity index (χ0) is 24.9. The first-order chi connectivity index (χ1) is 16.8. The molecule has 0 aliphatic carbocycles. The summed E-state index contributed by atoms with van der Waals surface area (Å²) in [6.07, 6.45) is 0. The zero-order valence-corrected chi connectivity index (χ0v) is 18.9. The van der Waals surface area contributed by atoms with Gasteiger partial charge in [0.25, 0.3) is 0 Å². The first-order valence-corrected chi connectivity index (χ1v) is 10.8. The molecule has 5 rings (SSSR count). The molecule has 8 nitrogen and oxygen atoms in total. The minimum Gasteiger partial charge on any atom is -0.507 e. The van der Waals surface area contributed by atoms with Crippen LogP contribution in [0.1, 0.15) is 22.6 Å². The molecule has 0 saturated carbocycles. The van der Waals surface area contributed by atoms with E-state index in [0.29, 0.717) is 0 Å². The van der Waals surface area contributed by atoms with Gasteiger partial charge in [0, 0.05) is 0 Å². The SMILES string of the molecule is COc1cc(C(c2c(O)c3ccccc3oc2=O)c2c(O)c3ccccc3oc2=O)cc(Cl)c1O. The Morgan fingerprint density at radius 1 is 0.771 bits per heavy atom. The van der Waals surface area contributed by atoms with Crippen molar-refractivity contribution in [2.45, 2.75) is 5.92 Å². The molecule has 5 aromatic rings. The van der Waals surface area contributed by atoms with Crippen molar-refractivity contribution in [2.75, 3.05) is 7.11 Å². The third-order valence-electron chi connectivity index (χ3n) is 5.82. The van der Waals surface area contributed by atoms with Crippen LogP contribution in [0, 0.1) is 0 Å². The fourth-order valence-corrected chi connectivity index (χ4v) is 4.42. The van der Waals surface area contributed by atoms with Gasteiger partial charge in [-0.25, -0.2) is 9.59 Å². The summed E-state index contributed by atoms with van der Waals surface area (Å²) in [5.74, 6) is -2.70. The molecule has 3 aromatic carbocycles. The van der Waals surface area contributed by atoms with Crippen LogP contribution in [0.2, 0.25) is 5.02 Å². The largest absolute Gasteiger partial charge is 0.507 e. The summed E-state index contributed by atoms with van der Waals surface area (Å²) in [4.78, 5) is 26.4. The molecule has 0 unspecified atom stereocenters. The molecule has 0 aliphatic rings. The normalized spacial score (nSPS) is 11.4. The number of benzene rings is 3. The second-order valence-corrected chi connectivity index (χ2v) is 8.19. The van der Waals surface area contributed by atoms with E-state index in [1.54, 1.807) is 36.4 Å². The lowest BCUT2D eigenvalue weighted by molar-refractivity contribution is 0.373. The Hall–Kier alpha value is -4.43. The van der Waals surface area contributed by atoms with Gasteiger partial charge in [-0.1, -0.05) is 35.9 Å². The monoisotopic (exact) mass is 492 g/mol. The van der Waals surface area contributed by atoms with E-state index in [4.69, 9.17) is 25.2 Å². The highest BCUT2D eigenvalue weighted by atomic mass is 35.5. The predicted octanol–water partition coefficient (Wildman–Crippen LogP) is 4.86. The summed E-state index contributed by atoms with van der Waals surface area (Å²) in [6.45, 7) is 0. The fourth-order valence-electron chi connectivity index (χ4n) is 4.20. The van der Waals surface area contributed by atoms with Crippen LogP contribution in [-0.2, 0) is 0 Å². The first kappa shape index (κ1) is 22.4. The van der Waals surface area contributed by atoms with E-state index < -0.39 is 28.7 Å². The summed E-state index contributed by atoms with van der Waals surface area (Å²) in [7, 11) is 1.30. The van der Waals surface area contributed by atoms with Crippen molar-refractivity contribution in [1.29, 1.82) is 0 Å². The molecule has 0 bridgehead atoms. The van der Waals surface area contributed by atoms with Crippen molar-refractivity contribution in [3.05, 3.63) is 103 Å². The molecule has 0 spiro atoms. The number of rotatable bonds is 4. The Morgan fingerprint density at radius 2 is 1.26 bits per heavy atom. The van der Waals surface area contributed by atoms with Gasteiger partial charge in [-0.15, -0.1) is 0 Å². The maximum Gasteiger partial charge on any atom is 0.344 e. The summed E-state index contributed by atoms with van der Waals surface area (Å²) >= 11 is 6.21. The average molecular weight is 493 g/mol. The van der Waals surface area contributed by atoms with E-state index >= 15 is 0 Å². The maximum absolute atomic E-state index is 13.2. The molecular formula is C26H17ClO8. The smallest absolute Gasteiger partial charge is 0.344 e. The predicted molar refractivity (Wildman–Crippen MR) is 129 cm³/mol. The highest BCUT2D eigenvalue weighted by molar-refractivity contribution is 6.32. The Labute approximate surface area is 201 Å². The van der Waals surface area contributed by atoms with Gasteiger partial charge < -0.3 is 28.9 Å². The van der Waals surface area contributed by atoms with E-state index in [1.165, 1.54) is 31.4 Å². The van der Waals surface area contributed by atoms with E-state index in [0.717, 1.165) is 0 Å². The Bertz CT molecular complexity index is 1640. The van der Waals surface area contributed by atoms with Crippen LogP contribution in [0.4, 0.5) is 0 Å². The summed E-state index contributed by atoms with van der Waals surface area (Å²) in [5.41, 5.74) is -2.12. The Kier molecular flexibility index (Phi) is 5.37. The molecule has 0 fully saturated rings. The number of hydrogen-bond donors (Lipinski definition) is 3. The number of phenolic OH excluding ortho intramolecular Hbond substituents is 1. The highest BCUT2D eigenvalue weighted by Crippen LogP contribution is 2.45. The van der Waals surface area contributed by atoms with E-state index in [9.17, 15) is 24.9 Å². The quantitative estimate of drug-likeness (QED) is 0.303. The average Bonchev–Trinajstić information content (AvgIpc) is 2.84. The lowest BCUT2D eigenvalue weighted by Gasteiger charge is -2.21. The summed E-state index contributed by atoms with van der Waals surface area (Å²) in [5, 5.41) is 32.9. The molecule has 0 saturated heterocycles. The van der Waals surface area contributed by atoms with E-state index in [2.05, 4.69) is 0 Å². The van der Waals surface area contributed by atoms with Crippen LogP contribution in [0.25, 0.3) is 21.9 Å². The van der Waals surface area contributed by atoms with Crippen LogP contribution in [0.3, 0.4) is 0 Å². The first-order valence-electron chi connectivity index (χ1n) is 10.4. The molecule has 0 aliphatic heterocycles. The Morgan fingerprint density at radius 3 is 1.74 bits per heavy atom. The van der Waals surface area contributed by atoms with Crippen molar-refractivity contribution < 1.29 is 28.9 Å². The number of aromatic hydroxyl groups is 3. The number of hydrogen-bond acceptors (Lipinski definition) is 8. The van der Waals surface area contributed by atoms with Gasteiger partial charge in [0.15, 0.2) is 11.5 Å². The second kappa shape index (κ2) is 8.41. The molecule has 176 valence electrons. The number of para-hydroxylation sites is 2. The topological polar surface area (TPSA) is 130 Å². The van der Waals surface area contributed by atoms with Gasteiger partial charge in [-0.3, -0.25) is 0 Å². The summed E-state index contributed by atoms with van der Waals surface area (Å²) < 4.78 is 16.1. The highest BCUT2D eigenvalue weighted by Gasteiger charge is 2.33. The van der Waals surface area contributed by atoms with Gasteiger partial charge in [-0.2, -0.15) is 0 Å². The molecular weight excluding hydrogens is 476 g/mol. The van der Waals surface area contributed by atoms with Crippen molar-refractivity contribution in [3.63, 3.8) is 0 Å². The zero-order valence-electron chi connectivity index (χ0n) is 18.1. The summed E-state index contributed by atoms with van der Waals surface area (Å²) in [6, 6.07) is 15.3. The minimum atomic E-state index is -1.40. The number of methoxy groups -OCH3 is 1. The van der Waals surface area contributed by atoms with Crippen molar-refractivity contribution >= 4 is 33.5 Å². The van der Waals surface area contributed by atoms with Crippen LogP contribution in [0.5, 0.6) is 23.0 Å². The minimum absolute atomic E-state index is 0.0492. The lowest BCUT2D eigenvalue weighted by Crippen LogP contribution is -2.21. The van der Waals surface area contributed by atoms with Gasteiger partial charge in [0.2, 0.25) is 0 Å². The maximum atomic E-state index is 13.2. The van der Waals surface area contributed by atoms with Crippen molar-refractivity contribution in [2.24, 2.45) is 0 Å². The molecule has 3 N–H and O–H groups in total. The number of fused-ring (bicyclic) bond motifs is 2. The van der Waals surface area contributed by atoms with Gasteiger partial charge in [0.1, 0.15) is 22.7 Å². The molecule has 0 atom stereocenters. The molecule has 2 aromatic heterocycles. The van der Waals surface area contributed by atoms with Crippen LogP contribution in [0.15, 0.2) is 79.1 Å². The van der Waals surface area contributed by atoms with Gasteiger partial charge >= 0.3 is 11.3 Å². The standard InChI is InChI=1S/C26H17ClO8/c1-33-18-11-12(10-15(27)24(18)30)19(20-22(28)13-6-2-4-8-16(13)34-25(20)31)21-23(29)14-7-3-5-9-17(14)35-26(21)32/h2-11,19,28-30H,1H3. The molecule has 0 amide bonds. The lowest BCUT2D eigenvalue weighted by atomic mass is 9.84. The number of halogens is 1. The second-order valence-electron chi connectivity index (χ2n) is 7.78. The van der Waals surface area contributed by atoms with E-state index in [1.807, 2.05) is 0 Å². The van der Waals surface area contributed by atoms with Gasteiger partial charge in [-0.05, 0) is 42.0 Å². The molecule has 2 heterocycles. The number of ether oxygens (including phenoxy) is 1. The van der Waals surface area contributed by atoms with Crippen molar-refractivity contribution in [3.8, 4) is 23.0 Å². The molecule has 35 heavy (non-hydrogen) atoms. The van der Waals surface area contributed by atoms with Gasteiger partial charge in [0.05, 0.1) is 39.9 Å². The molecule has 9 heteroatoms. The third kappa shape index (κ3) is 3.55. The number of phenols is 1. The van der Waals surface area contributed by atoms with E-state index in [-0.39, 0.29) is 55.2 Å². The van der Waals surface area contributed by atoms with Crippen LogP contribution >= 0.6 is 11.6 Å². The Balaban J connectivity index is 1.94. The molecule has 0 radical (unpaired) electrons. The van der Waals surface area contributed by atoms with Crippen molar-refractivity contribution in [1.82, 2.24) is 0 Å². The van der Waals surface area contributed by atoms with Crippen LogP contribution < -0.4 is 16.0 Å².